The molecule has 2 aromatic carbocycles. The summed E-state index contributed by atoms with van der Waals surface area (Å²) in [5.74, 6) is -0.129. The van der Waals surface area contributed by atoms with Gasteiger partial charge < -0.3 is 10.6 Å². The predicted octanol–water partition coefficient (Wildman–Crippen LogP) is 4.12. The molecule has 3 rings (SSSR count). The van der Waals surface area contributed by atoms with Crippen LogP contribution >= 0.6 is 11.6 Å². The van der Waals surface area contributed by atoms with E-state index in [0.29, 0.717) is 17.3 Å². The predicted molar refractivity (Wildman–Crippen MR) is 98.6 cm³/mol. The van der Waals surface area contributed by atoms with Gasteiger partial charge in [0.1, 0.15) is 5.15 Å². The van der Waals surface area contributed by atoms with Gasteiger partial charge in [-0.25, -0.2) is 4.98 Å². The molecular formula is C19H18ClN3O. The average molecular weight is 340 g/mol. The van der Waals surface area contributed by atoms with Crippen LogP contribution in [0.15, 0.2) is 60.7 Å². The lowest BCUT2D eigenvalue weighted by Crippen LogP contribution is -2.26. The van der Waals surface area contributed by atoms with Gasteiger partial charge in [0.15, 0.2) is 0 Å². The molecule has 3 aromatic rings. The van der Waals surface area contributed by atoms with Crippen LogP contribution in [0.25, 0.3) is 10.9 Å². The minimum absolute atomic E-state index is 0.129. The molecule has 0 radical (unpaired) electrons. The molecule has 0 atom stereocenters. The van der Waals surface area contributed by atoms with Crippen molar-refractivity contribution in [3.8, 4) is 0 Å². The number of nitrogens with zero attached hydrogens (tertiary/aromatic N) is 1. The number of hydrogen-bond acceptors (Lipinski definition) is 3. The molecule has 0 saturated carbocycles. The lowest BCUT2D eigenvalue weighted by Gasteiger charge is -2.09. The smallest absolute Gasteiger partial charge is 0.252 e. The maximum atomic E-state index is 12.4. The van der Waals surface area contributed by atoms with Crippen LogP contribution in [-0.4, -0.2) is 24.0 Å². The van der Waals surface area contributed by atoms with E-state index in [-0.39, 0.29) is 5.91 Å². The molecule has 122 valence electrons. The summed E-state index contributed by atoms with van der Waals surface area (Å²) in [6.07, 6.45) is 0.831. The Hall–Kier alpha value is -2.59. The average Bonchev–Trinajstić information content (AvgIpc) is 2.61. The van der Waals surface area contributed by atoms with Crippen molar-refractivity contribution >= 4 is 34.1 Å². The first kappa shape index (κ1) is 16.3. The summed E-state index contributed by atoms with van der Waals surface area (Å²) in [6, 6.07) is 19.1. The molecular weight excluding hydrogens is 322 g/mol. The fourth-order valence-electron chi connectivity index (χ4n) is 2.51. The van der Waals surface area contributed by atoms with Gasteiger partial charge in [-0.05, 0) is 30.7 Å². The third kappa shape index (κ3) is 4.03. The van der Waals surface area contributed by atoms with E-state index in [9.17, 15) is 4.79 Å². The SMILES string of the molecule is O=C(NCCCNc1ccccc1)c1cc(Cl)nc2ccccc12. The minimum Gasteiger partial charge on any atom is -0.385 e. The van der Waals surface area contributed by atoms with Crippen LogP contribution in [0.3, 0.4) is 0 Å². The molecule has 2 N–H and O–H groups in total. The number of amides is 1. The highest BCUT2D eigenvalue weighted by Crippen LogP contribution is 2.20. The van der Waals surface area contributed by atoms with Crippen molar-refractivity contribution in [1.29, 1.82) is 0 Å². The van der Waals surface area contributed by atoms with Gasteiger partial charge in [0.05, 0.1) is 11.1 Å². The van der Waals surface area contributed by atoms with Crippen molar-refractivity contribution < 1.29 is 4.79 Å². The van der Waals surface area contributed by atoms with Crippen molar-refractivity contribution in [2.75, 3.05) is 18.4 Å². The number of aromatic nitrogens is 1. The number of benzene rings is 2. The van der Waals surface area contributed by atoms with Crippen LogP contribution in [0.2, 0.25) is 5.15 Å². The zero-order chi connectivity index (χ0) is 16.8. The molecule has 0 saturated heterocycles. The second-order valence-electron chi connectivity index (χ2n) is 5.41. The number of nitrogens with one attached hydrogen (secondary N) is 2. The van der Waals surface area contributed by atoms with Gasteiger partial charge in [0.25, 0.3) is 5.91 Å². The maximum Gasteiger partial charge on any atom is 0.252 e. The molecule has 0 bridgehead atoms. The zero-order valence-electron chi connectivity index (χ0n) is 13.1. The Morgan fingerprint density at radius 2 is 1.75 bits per heavy atom. The summed E-state index contributed by atoms with van der Waals surface area (Å²) in [5, 5.41) is 7.38. The Balaban J connectivity index is 1.56. The van der Waals surface area contributed by atoms with Crippen molar-refractivity contribution in [2.45, 2.75) is 6.42 Å². The molecule has 5 heteroatoms. The van der Waals surface area contributed by atoms with Gasteiger partial charge in [-0.2, -0.15) is 0 Å². The molecule has 0 unspecified atom stereocenters. The number of para-hydroxylation sites is 2. The van der Waals surface area contributed by atoms with Crippen LogP contribution in [0, 0.1) is 0 Å². The molecule has 0 aliphatic carbocycles. The summed E-state index contributed by atoms with van der Waals surface area (Å²) in [6.45, 7) is 1.38. The first-order valence-electron chi connectivity index (χ1n) is 7.86. The number of carbonyl (C=O) groups excluding carboxylic acids is 1. The molecule has 0 spiro atoms. The van der Waals surface area contributed by atoms with E-state index in [0.717, 1.165) is 29.6 Å². The summed E-state index contributed by atoms with van der Waals surface area (Å²) in [5.41, 5.74) is 2.36. The highest BCUT2D eigenvalue weighted by molar-refractivity contribution is 6.30. The number of halogens is 1. The van der Waals surface area contributed by atoms with Gasteiger partial charge in [-0.3, -0.25) is 4.79 Å². The fourth-order valence-corrected chi connectivity index (χ4v) is 2.71. The number of rotatable bonds is 6. The zero-order valence-corrected chi connectivity index (χ0v) is 13.9. The molecule has 1 heterocycles. The van der Waals surface area contributed by atoms with Crippen LogP contribution < -0.4 is 10.6 Å². The van der Waals surface area contributed by atoms with Crippen LogP contribution in [0.5, 0.6) is 0 Å². The fraction of sp³-hybridized carbons (Fsp3) is 0.158. The molecule has 0 aliphatic rings. The Morgan fingerprint density at radius 3 is 2.58 bits per heavy atom. The first-order chi connectivity index (χ1) is 11.7. The van der Waals surface area contributed by atoms with Crippen molar-refractivity contribution in [3.63, 3.8) is 0 Å². The third-order valence-corrected chi connectivity index (χ3v) is 3.87. The van der Waals surface area contributed by atoms with Crippen LogP contribution in [-0.2, 0) is 0 Å². The molecule has 0 fully saturated rings. The Morgan fingerprint density at radius 1 is 1.00 bits per heavy atom. The molecule has 0 aliphatic heterocycles. The van der Waals surface area contributed by atoms with Gasteiger partial charge in [-0.15, -0.1) is 0 Å². The number of fused-ring (bicyclic) bond motifs is 1. The summed E-state index contributed by atoms with van der Waals surface area (Å²) >= 11 is 6.02. The molecule has 24 heavy (non-hydrogen) atoms. The Bertz CT molecular complexity index is 836. The number of pyridine rings is 1. The quantitative estimate of drug-likeness (QED) is 0.524. The molecule has 4 nitrogen and oxygen atoms in total. The number of carbonyl (C=O) groups is 1. The molecule has 1 aromatic heterocycles. The number of anilines is 1. The normalized spacial score (nSPS) is 10.5. The van der Waals surface area contributed by atoms with E-state index in [4.69, 9.17) is 11.6 Å². The van der Waals surface area contributed by atoms with Crippen molar-refractivity contribution in [3.05, 3.63) is 71.4 Å². The standard InChI is InChI=1S/C19H18ClN3O/c20-18-13-16(15-9-4-5-10-17(15)23-18)19(24)22-12-6-11-21-14-7-2-1-3-8-14/h1-5,7-10,13,21H,6,11-12H2,(H,22,24). The lowest BCUT2D eigenvalue weighted by molar-refractivity contribution is 0.0955. The van der Waals surface area contributed by atoms with Gasteiger partial charge in [0.2, 0.25) is 0 Å². The summed E-state index contributed by atoms with van der Waals surface area (Å²) in [4.78, 5) is 16.7. The van der Waals surface area contributed by atoms with Gasteiger partial charge in [-0.1, -0.05) is 48.0 Å². The first-order valence-corrected chi connectivity index (χ1v) is 8.24. The van der Waals surface area contributed by atoms with Crippen molar-refractivity contribution in [1.82, 2.24) is 10.3 Å². The second-order valence-corrected chi connectivity index (χ2v) is 5.80. The van der Waals surface area contributed by atoms with Crippen LogP contribution in [0.1, 0.15) is 16.8 Å². The largest absolute Gasteiger partial charge is 0.385 e. The summed E-state index contributed by atoms with van der Waals surface area (Å²) < 4.78 is 0. The second kappa shape index (κ2) is 7.79. The van der Waals surface area contributed by atoms with Crippen LogP contribution in [0.4, 0.5) is 5.69 Å². The monoisotopic (exact) mass is 339 g/mol. The lowest BCUT2D eigenvalue weighted by atomic mass is 10.1. The van der Waals surface area contributed by atoms with E-state index < -0.39 is 0 Å². The highest BCUT2D eigenvalue weighted by atomic mass is 35.5. The third-order valence-electron chi connectivity index (χ3n) is 3.67. The van der Waals surface area contributed by atoms with E-state index in [1.165, 1.54) is 0 Å². The van der Waals surface area contributed by atoms with Gasteiger partial charge in [0, 0.05) is 24.2 Å². The topological polar surface area (TPSA) is 54.0 Å². The Kier molecular flexibility index (Phi) is 5.29. The van der Waals surface area contributed by atoms with E-state index in [1.54, 1.807) is 6.07 Å². The molecule has 1 amide bonds. The van der Waals surface area contributed by atoms with E-state index in [2.05, 4.69) is 15.6 Å². The Labute approximate surface area is 145 Å². The maximum absolute atomic E-state index is 12.4. The highest BCUT2D eigenvalue weighted by Gasteiger charge is 2.11. The van der Waals surface area contributed by atoms with E-state index >= 15 is 0 Å². The van der Waals surface area contributed by atoms with E-state index in [1.807, 2.05) is 54.6 Å². The minimum atomic E-state index is -0.129. The number of hydrogen-bond donors (Lipinski definition) is 2. The van der Waals surface area contributed by atoms with Gasteiger partial charge >= 0.3 is 0 Å². The summed E-state index contributed by atoms with van der Waals surface area (Å²) in [7, 11) is 0. The van der Waals surface area contributed by atoms with Crippen molar-refractivity contribution in [2.24, 2.45) is 0 Å².